The summed E-state index contributed by atoms with van der Waals surface area (Å²) in [6.45, 7) is 6.71. The summed E-state index contributed by atoms with van der Waals surface area (Å²) in [6, 6.07) is 10.5. The molecule has 1 aliphatic heterocycles. The van der Waals surface area contributed by atoms with Crippen LogP contribution in [-0.2, 0) is 4.79 Å². The van der Waals surface area contributed by atoms with Gasteiger partial charge in [0.1, 0.15) is 17.5 Å². The normalized spacial score (nSPS) is 16.9. The summed E-state index contributed by atoms with van der Waals surface area (Å²) in [5.74, 6) is 0.783. The van der Waals surface area contributed by atoms with E-state index in [0.29, 0.717) is 30.2 Å². The number of benzene rings is 2. The lowest BCUT2D eigenvalue weighted by Crippen LogP contribution is -2.58. The molecule has 0 bridgehead atoms. The lowest BCUT2D eigenvalue weighted by molar-refractivity contribution is -0.124. The lowest BCUT2D eigenvalue weighted by Gasteiger charge is -2.39. The molecule has 0 saturated carbocycles. The van der Waals surface area contributed by atoms with E-state index in [4.69, 9.17) is 9.47 Å². The van der Waals surface area contributed by atoms with Crippen molar-refractivity contribution in [3.63, 3.8) is 0 Å². The lowest BCUT2D eigenvalue weighted by atomic mass is 10.1. The number of rotatable bonds is 4. The van der Waals surface area contributed by atoms with E-state index in [0.717, 1.165) is 16.8 Å². The van der Waals surface area contributed by atoms with E-state index < -0.39 is 6.04 Å². The zero-order valence-electron chi connectivity index (χ0n) is 17.0. The van der Waals surface area contributed by atoms with Gasteiger partial charge in [0.2, 0.25) is 5.91 Å². The van der Waals surface area contributed by atoms with Crippen molar-refractivity contribution >= 4 is 17.5 Å². The van der Waals surface area contributed by atoms with Crippen LogP contribution < -0.4 is 14.4 Å². The van der Waals surface area contributed by atoms with Crippen LogP contribution in [0, 0.1) is 13.8 Å². The minimum atomic E-state index is -0.556. The number of carbonyl (C=O) groups is 2. The number of hydrogen-bond donors (Lipinski definition) is 0. The van der Waals surface area contributed by atoms with Gasteiger partial charge < -0.3 is 19.3 Å². The van der Waals surface area contributed by atoms with Crippen molar-refractivity contribution in [3.05, 3.63) is 53.1 Å². The predicted octanol–water partition coefficient (Wildman–Crippen LogP) is 3.20. The fraction of sp³-hybridized carbons (Fsp3) is 0.364. The first-order chi connectivity index (χ1) is 13.3. The van der Waals surface area contributed by atoms with Gasteiger partial charge in [-0.15, -0.1) is 0 Å². The van der Waals surface area contributed by atoms with Crippen LogP contribution in [0.2, 0.25) is 0 Å². The van der Waals surface area contributed by atoms with Gasteiger partial charge in [-0.25, -0.2) is 0 Å². The van der Waals surface area contributed by atoms with Gasteiger partial charge in [0.15, 0.2) is 0 Å². The molecule has 0 aromatic heterocycles. The number of ether oxygens (including phenoxy) is 2. The molecule has 6 nitrogen and oxygen atoms in total. The monoisotopic (exact) mass is 382 g/mol. The average molecular weight is 382 g/mol. The topological polar surface area (TPSA) is 59.1 Å². The third-order valence-electron chi connectivity index (χ3n) is 5.16. The first kappa shape index (κ1) is 19.7. The number of piperazine rings is 1. The molecule has 0 radical (unpaired) electrons. The Kier molecular flexibility index (Phi) is 5.58. The molecule has 2 aromatic carbocycles. The minimum Gasteiger partial charge on any atom is -0.497 e. The van der Waals surface area contributed by atoms with Gasteiger partial charge in [-0.3, -0.25) is 9.59 Å². The summed E-state index contributed by atoms with van der Waals surface area (Å²) in [6.07, 6.45) is 0. The van der Waals surface area contributed by atoms with Gasteiger partial charge in [-0.2, -0.15) is 0 Å². The van der Waals surface area contributed by atoms with Gasteiger partial charge in [0, 0.05) is 30.4 Å². The molecule has 0 N–H and O–H groups in total. The fourth-order valence-electron chi connectivity index (χ4n) is 3.59. The number of hydrogen-bond acceptors (Lipinski definition) is 4. The van der Waals surface area contributed by atoms with Gasteiger partial charge in [-0.05, 0) is 44.5 Å². The largest absolute Gasteiger partial charge is 0.497 e. The Labute approximate surface area is 165 Å². The molecule has 6 heteroatoms. The van der Waals surface area contributed by atoms with Crippen LogP contribution in [0.1, 0.15) is 28.4 Å². The Bertz CT molecular complexity index is 887. The molecule has 2 aromatic rings. The van der Waals surface area contributed by atoms with Crippen LogP contribution in [-0.4, -0.2) is 50.1 Å². The standard InChI is InChI=1S/C22H26N2O4/c1-14-6-7-20(15(2)10-14)24-9-8-23(16(3)21(24)25)22(26)17-11-18(27-4)13-19(12-17)28-5/h6-7,10-13,16H,8-9H2,1-5H3. The highest BCUT2D eigenvalue weighted by Crippen LogP contribution is 2.28. The van der Waals surface area contributed by atoms with Gasteiger partial charge >= 0.3 is 0 Å². The quantitative estimate of drug-likeness (QED) is 0.815. The third-order valence-corrected chi connectivity index (χ3v) is 5.16. The van der Waals surface area contributed by atoms with E-state index in [1.807, 2.05) is 26.0 Å². The fourth-order valence-corrected chi connectivity index (χ4v) is 3.59. The molecule has 3 rings (SSSR count). The second kappa shape index (κ2) is 7.92. The highest BCUT2D eigenvalue weighted by Gasteiger charge is 2.36. The molecule has 2 amide bonds. The maximum atomic E-state index is 13.1. The molecule has 1 fully saturated rings. The first-order valence-electron chi connectivity index (χ1n) is 9.28. The second-order valence-electron chi connectivity index (χ2n) is 7.06. The first-order valence-corrected chi connectivity index (χ1v) is 9.28. The summed E-state index contributed by atoms with van der Waals surface area (Å²) in [4.78, 5) is 29.5. The molecular formula is C22H26N2O4. The Morgan fingerprint density at radius 1 is 1.00 bits per heavy atom. The van der Waals surface area contributed by atoms with Crippen LogP contribution >= 0.6 is 0 Å². The summed E-state index contributed by atoms with van der Waals surface area (Å²) in [5.41, 5.74) is 3.55. The van der Waals surface area contributed by atoms with Gasteiger partial charge in [0.25, 0.3) is 5.91 Å². The maximum Gasteiger partial charge on any atom is 0.254 e. The summed E-state index contributed by atoms with van der Waals surface area (Å²) in [7, 11) is 3.08. The molecule has 1 unspecified atom stereocenters. The zero-order chi connectivity index (χ0) is 20.4. The Morgan fingerprint density at radius 2 is 1.64 bits per heavy atom. The highest BCUT2D eigenvalue weighted by molar-refractivity contribution is 6.04. The van der Waals surface area contributed by atoms with Crippen molar-refractivity contribution in [2.24, 2.45) is 0 Å². The smallest absolute Gasteiger partial charge is 0.254 e. The number of aryl methyl sites for hydroxylation is 2. The molecule has 0 spiro atoms. The maximum absolute atomic E-state index is 13.1. The van der Waals surface area contributed by atoms with Gasteiger partial charge in [-0.1, -0.05) is 17.7 Å². The van der Waals surface area contributed by atoms with Gasteiger partial charge in [0.05, 0.1) is 14.2 Å². The van der Waals surface area contributed by atoms with Crippen molar-refractivity contribution in [2.75, 3.05) is 32.2 Å². The van der Waals surface area contributed by atoms with Crippen molar-refractivity contribution in [3.8, 4) is 11.5 Å². The van der Waals surface area contributed by atoms with Crippen molar-refractivity contribution in [2.45, 2.75) is 26.8 Å². The van der Waals surface area contributed by atoms with E-state index in [-0.39, 0.29) is 11.8 Å². The van der Waals surface area contributed by atoms with E-state index in [9.17, 15) is 9.59 Å². The van der Waals surface area contributed by atoms with Crippen LogP contribution in [0.15, 0.2) is 36.4 Å². The Hall–Kier alpha value is -3.02. The predicted molar refractivity (Wildman–Crippen MR) is 108 cm³/mol. The third kappa shape index (κ3) is 3.67. The Balaban J connectivity index is 1.85. The summed E-state index contributed by atoms with van der Waals surface area (Å²) >= 11 is 0. The van der Waals surface area contributed by atoms with Crippen molar-refractivity contribution in [1.82, 2.24) is 4.90 Å². The van der Waals surface area contributed by atoms with Crippen molar-refractivity contribution in [1.29, 1.82) is 0 Å². The molecule has 148 valence electrons. The minimum absolute atomic E-state index is 0.0820. The number of anilines is 1. The highest BCUT2D eigenvalue weighted by atomic mass is 16.5. The molecule has 1 heterocycles. The molecule has 1 atom stereocenters. The number of carbonyl (C=O) groups excluding carboxylic acids is 2. The van der Waals surface area contributed by atoms with Crippen LogP contribution in [0.4, 0.5) is 5.69 Å². The van der Waals surface area contributed by atoms with Crippen LogP contribution in [0.5, 0.6) is 11.5 Å². The van der Waals surface area contributed by atoms with Crippen LogP contribution in [0.3, 0.4) is 0 Å². The average Bonchev–Trinajstić information content (AvgIpc) is 2.69. The second-order valence-corrected chi connectivity index (χ2v) is 7.06. The Morgan fingerprint density at radius 3 is 2.21 bits per heavy atom. The van der Waals surface area contributed by atoms with Crippen molar-refractivity contribution < 1.29 is 19.1 Å². The van der Waals surface area contributed by atoms with E-state index in [1.54, 1.807) is 34.9 Å². The van der Waals surface area contributed by atoms with Crippen LogP contribution in [0.25, 0.3) is 0 Å². The molecular weight excluding hydrogens is 356 g/mol. The summed E-state index contributed by atoms with van der Waals surface area (Å²) < 4.78 is 10.5. The zero-order valence-corrected chi connectivity index (χ0v) is 17.0. The molecule has 0 aliphatic carbocycles. The SMILES string of the molecule is COc1cc(OC)cc(C(=O)N2CCN(c3ccc(C)cc3C)C(=O)C2C)c1. The summed E-state index contributed by atoms with van der Waals surface area (Å²) in [5, 5.41) is 0. The van der Waals surface area contributed by atoms with E-state index in [2.05, 4.69) is 6.07 Å². The molecule has 1 aliphatic rings. The number of amides is 2. The number of nitrogens with zero attached hydrogens (tertiary/aromatic N) is 2. The number of methoxy groups -OCH3 is 2. The molecule has 1 saturated heterocycles. The van der Waals surface area contributed by atoms with E-state index in [1.165, 1.54) is 14.2 Å². The molecule has 28 heavy (non-hydrogen) atoms. The van der Waals surface area contributed by atoms with E-state index >= 15 is 0 Å².